The van der Waals surface area contributed by atoms with Gasteiger partial charge in [0, 0.05) is 30.2 Å². The highest BCUT2D eigenvalue weighted by Crippen LogP contribution is 2.31. The maximum absolute atomic E-state index is 9.68. The molecule has 1 saturated heterocycles. The lowest BCUT2D eigenvalue weighted by molar-refractivity contribution is -0.0490. The summed E-state index contributed by atoms with van der Waals surface area (Å²) in [6, 6.07) is 1.92. The number of hydrogen-bond donors (Lipinski definition) is 1. The molecule has 1 aromatic heterocycles. The second-order valence-corrected chi connectivity index (χ2v) is 5.95. The maximum Gasteiger partial charge on any atom is 0.0617 e. The number of thiophene rings is 1. The summed E-state index contributed by atoms with van der Waals surface area (Å²) in [6.45, 7) is 2.42. The van der Waals surface area contributed by atoms with Gasteiger partial charge in [0.2, 0.25) is 0 Å². The first kappa shape index (κ1) is 13.3. The van der Waals surface area contributed by atoms with E-state index in [0.29, 0.717) is 0 Å². The Morgan fingerprint density at radius 1 is 1.53 bits per heavy atom. The topological polar surface area (TPSA) is 32.7 Å². The minimum atomic E-state index is -0.147. The molecule has 1 aromatic rings. The predicted molar refractivity (Wildman–Crippen MR) is 70.7 cm³/mol. The van der Waals surface area contributed by atoms with Crippen molar-refractivity contribution in [3.8, 4) is 0 Å². The van der Waals surface area contributed by atoms with Gasteiger partial charge in [-0.15, -0.1) is 11.3 Å². The van der Waals surface area contributed by atoms with E-state index >= 15 is 0 Å². The van der Waals surface area contributed by atoms with Gasteiger partial charge in [0.15, 0.2) is 0 Å². The molecule has 0 aromatic carbocycles. The first-order valence-electron chi connectivity index (χ1n) is 5.80. The number of aliphatic hydroxyl groups excluding tert-OH is 1. The van der Waals surface area contributed by atoms with Crippen LogP contribution in [0.25, 0.3) is 0 Å². The van der Waals surface area contributed by atoms with Crippen LogP contribution in [0.4, 0.5) is 0 Å². The summed E-state index contributed by atoms with van der Waals surface area (Å²) in [6.07, 6.45) is 1.76. The third-order valence-electron chi connectivity index (χ3n) is 3.60. The zero-order chi connectivity index (χ0) is 12.3. The van der Waals surface area contributed by atoms with Crippen LogP contribution in [0.1, 0.15) is 17.7 Å². The van der Waals surface area contributed by atoms with E-state index in [9.17, 15) is 5.11 Å². The summed E-state index contributed by atoms with van der Waals surface area (Å²) in [4.78, 5) is 3.38. The maximum atomic E-state index is 9.68. The Bertz CT molecular complexity index is 363. The first-order valence-corrected chi connectivity index (χ1v) is 7.05. The molecule has 0 amide bonds. The highest BCUT2D eigenvalue weighted by molar-refractivity contribution is 7.10. The van der Waals surface area contributed by atoms with Crippen molar-refractivity contribution in [1.29, 1.82) is 0 Å². The monoisotopic (exact) mass is 275 g/mol. The standard InChI is InChI=1S/C12H18ClNO2S/c1-14(8-11-10(13)2-7-17-11)12(9-15)3-5-16-6-4-12/h2,7,15H,3-6,8-9H2,1H3. The van der Waals surface area contributed by atoms with Gasteiger partial charge in [-0.05, 0) is 31.3 Å². The molecular formula is C12H18ClNO2S. The third kappa shape index (κ3) is 2.83. The Kier molecular flexibility index (Phi) is 4.44. The minimum absolute atomic E-state index is 0.147. The molecule has 1 aliphatic rings. The van der Waals surface area contributed by atoms with Crippen molar-refractivity contribution in [2.24, 2.45) is 0 Å². The lowest BCUT2D eigenvalue weighted by Gasteiger charge is -2.43. The van der Waals surface area contributed by atoms with Gasteiger partial charge in [0.1, 0.15) is 0 Å². The van der Waals surface area contributed by atoms with Crippen LogP contribution in [-0.4, -0.2) is 42.4 Å². The summed E-state index contributed by atoms with van der Waals surface area (Å²) < 4.78 is 5.37. The second kappa shape index (κ2) is 5.67. The number of hydrogen-bond acceptors (Lipinski definition) is 4. The predicted octanol–water partition coefficient (Wildman–Crippen LogP) is 2.37. The summed E-state index contributed by atoms with van der Waals surface area (Å²) >= 11 is 7.77. The van der Waals surface area contributed by atoms with Crippen LogP contribution < -0.4 is 0 Å². The third-order valence-corrected chi connectivity index (χ3v) is 4.97. The molecule has 0 spiro atoms. The van der Waals surface area contributed by atoms with Crippen molar-refractivity contribution < 1.29 is 9.84 Å². The van der Waals surface area contributed by atoms with Crippen molar-refractivity contribution in [3.63, 3.8) is 0 Å². The van der Waals surface area contributed by atoms with E-state index in [2.05, 4.69) is 11.9 Å². The van der Waals surface area contributed by atoms with Crippen molar-refractivity contribution in [2.75, 3.05) is 26.9 Å². The van der Waals surface area contributed by atoms with Crippen molar-refractivity contribution in [1.82, 2.24) is 4.90 Å². The van der Waals surface area contributed by atoms with E-state index in [1.807, 2.05) is 11.4 Å². The minimum Gasteiger partial charge on any atom is -0.394 e. The van der Waals surface area contributed by atoms with E-state index < -0.39 is 0 Å². The lowest BCUT2D eigenvalue weighted by Crippen LogP contribution is -2.52. The molecule has 96 valence electrons. The van der Waals surface area contributed by atoms with Crippen LogP contribution in [0.5, 0.6) is 0 Å². The van der Waals surface area contributed by atoms with E-state index in [4.69, 9.17) is 16.3 Å². The number of aliphatic hydroxyl groups is 1. The van der Waals surface area contributed by atoms with Gasteiger partial charge < -0.3 is 9.84 Å². The lowest BCUT2D eigenvalue weighted by atomic mass is 9.89. The Morgan fingerprint density at radius 3 is 2.76 bits per heavy atom. The largest absolute Gasteiger partial charge is 0.394 e. The molecule has 2 heterocycles. The number of likely N-dealkylation sites (N-methyl/N-ethyl adjacent to an activating group) is 1. The Balaban J connectivity index is 2.07. The van der Waals surface area contributed by atoms with Crippen LogP contribution in [-0.2, 0) is 11.3 Å². The fourth-order valence-electron chi connectivity index (χ4n) is 2.23. The van der Waals surface area contributed by atoms with Gasteiger partial charge >= 0.3 is 0 Å². The van der Waals surface area contributed by atoms with Crippen molar-refractivity contribution >= 4 is 22.9 Å². The van der Waals surface area contributed by atoms with Crippen molar-refractivity contribution in [2.45, 2.75) is 24.9 Å². The van der Waals surface area contributed by atoms with Crippen molar-refractivity contribution in [3.05, 3.63) is 21.3 Å². The summed E-state index contributed by atoms with van der Waals surface area (Å²) in [5, 5.41) is 12.5. The number of ether oxygens (including phenoxy) is 1. The smallest absolute Gasteiger partial charge is 0.0617 e. The molecule has 2 rings (SSSR count). The molecule has 5 heteroatoms. The summed E-state index contributed by atoms with van der Waals surface area (Å²) in [5.41, 5.74) is -0.147. The number of halogens is 1. The van der Waals surface area contributed by atoms with E-state index in [1.165, 1.54) is 0 Å². The molecule has 17 heavy (non-hydrogen) atoms. The van der Waals surface area contributed by atoms with Gasteiger partial charge in [-0.3, -0.25) is 4.90 Å². The van der Waals surface area contributed by atoms with Crippen LogP contribution >= 0.6 is 22.9 Å². The zero-order valence-corrected chi connectivity index (χ0v) is 11.6. The molecule has 3 nitrogen and oxygen atoms in total. The molecule has 1 aliphatic heterocycles. The molecule has 1 N–H and O–H groups in total. The molecule has 0 saturated carbocycles. The Hall–Kier alpha value is -0.130. The van der Waals surface area contributed by atoms with Gasteiger partial charge in [0.25, 0.3) is 0 Å². The zero-order valence-electron chi connectivity index (χ0n) is 9.99. The van der Waals surface area contributed by atoms with Crippen LogP contribution in [0.2, 0.25) is 5.02 Å². The first-order chi connectivity index (χ1) is 8.18. The molecular weight excluding hydrogens is 258 g/mol. The Morgan fingerprint density at radius 2 is 2.24 bits per heavy atom. The molecule has 0 aliphatic carbocycles. The average molecular weight is 276 g/mol. The quantitative estimate of drug-likeness (QED) is 0.916. The molecule has 0 atom stereocenters. The highest BCUT2D eigenvalue weighted by Gasteiger charge is 2.36. The fraction of sp³-hybridized carbons (Fsp3) is 0.667. The Labute approximate surface area is 111 Å². The highest BCUT2D eigenvalue weighted by atomic mass is 35.5. The molecule has 0 bridgehead atoms. The van der Waals surface area contributed by atoms with Crippen LogP contribution in [0, 0.1) is 0 Å². The number of nitrogens with zero attached hydrogens (tertiary/aromatic N) is 1. The average Bonchev–Trinajstić information content (AvgIpc) is 2.76. The molecule has 1 fully saturated rings. The summed E-state index contributed by atoms with van der Waals surface area (Å²) in [7, 11) is 2.05. The van der Waals surface area contributed by atoms with Gasteiger partial charge in [-0.1, -0.05) is 11.6 Å². The van der Waals surface area contributed by atoms with E-state index in [0.717, 1.165) is 42.5 Å². The van der Waals surface area contributed by atoms with E-state index in [1.54, 1.807) is 11.3 Å². The number of rotatable bonds is 4. The van der Waals surface area contributed by atoms with E-state index in [-0.39, 0.29) is 12.1 Å². The van der Waals surface area contributed by atoms with Crippen LogP contribution in [0.3, 0.4) is 0 Å². The van der Waals surface area contributed by atoms with Gasteiger partial charge in [0.05, 0.1) is 11.6 Å². The van der Waals surface area contributed by atoms with Crippen LogP contribution in [0.15, 0.2) is 11.4 Å². The summed E-state index contributed by atoms with van der Waals surface area (Å²) in [5.74, 6) is 0. The molecule has 0 unspecified atom stereocenters. The normalized spacial score (nSPS) is 19.8. The van der Waals surface area contributed by atoms with Gasteiger partial charge in [-0.25, -0.2) is 0 Å². The fourth-order valence-corrected chi connectivity index (χ4v) is 3.38. The SMILES string of the molecule is CN(Cc1sccc1Cl)C1(CO)CCOCC1. The molecule has 0 radical (unpaired) electrons. The van der Waals surface area contributed by atoms with Gasteiger partial charge in [-0.2, -0.15) is 0 Å². The second-order valence-electron chi connectivity index (χ2n) is 4.54.